The van der Waals surface area contributed by atoms with Gasteiger partial charge in [0.15, 0.2) is 0 Å². The Morgan fingerprint density at radius 2 is 1.94 bits per heavy atom. The average Bonchev–Trinajstić information content (AvgIpc) is 2.84. The second-order valence-corrected chi connectivity index (χ2v) is 8.33. The van der Waals surface area contributed by atoms with Crippen LogP contribution in [0.25, 0.3) is 10.9 Å². The Morgan fingerprint density at radius 1 is 1.14 bits per heavy atom. The third kappa shape index (κ3) is 4.53. The van der Waals surface area contributed by atoms with Crippen molar-refractivity contribution in [3.05, 3.63) is 41.6 Å². The normalized spacial score (nSPS) is 20.8. The van der Waals surface area contributed by atoms with Gasteiger partial charge in [0.05, 0.1) is 36.0 Å². The highest BCUT2D eigenvalue weighted by atomic mass is 19.4. The second-order valence-electron chi connectivity index (χ2n) is 8.33. The molecule has 1 saturated heterocycles. The molecule has 1 N–H and O–H groups in total. The topological polar surface area (TPSA) is 98.7 Å². The molecule has 35 heavy (non-hydrogen) atoms. The van der Waals surface area contributed by atoms with Crippen molar-refractivity contribution in [3.8, 4) is 11.8 Å². The summed E-state index contributed by atoms with van der Waals surface area (Å²) in [5, 5.41) is 3.71. The molecule has 2 aliphatic rings. The minimum atomic E-state index is -4.58. The number of para-hydroxylation sites is 1. The summed E-state index contributed by atoms with van der Waals surface area (Å²) < 4.78 is 57.5. The van der Waals surface area contributed by atoms with Crippen molar-refractivity contribution in [2.24, 2.45) is 0 Å². The van der Waals surface area contributed by atoms with Crippen molar-refractivity contribution < 1.29 is 32.2 Å². The number of alkyl halides is 3. The summed E-state index contributed by atoms with van der Waals surface area (Å²) in [5.74, 6) is 0.250. The van der Waals surface area contributed by atoms with Crippen LogP contribution in [0.3, 0.4) is 0 Å². The lowest BCUT2D eigenvalue weighted by Gasteiger charge is -2.30. The van der Waals surface area contributed by atoms with E-state index in [4.69, 9.17) is 14.2 Å². The van der Waals surface area contributed by atoms with Crippen LogP contribution in [0.2, 0.25) is 0 Å². The number of hydrogen-bond acceptors (Lipinski definition) is 8. The molecule has 5 rings (SSSR count). The molecule has 1 amide bonds. The summed E-state index contributed by atoms with van der Waals surface area (Å²) in [6, 6.07) is 5.00. The summed E-state index contributed by atoms with van der Waals surface area (Å²) >= 11 is 0. The average molecular weight is 489 g/mol. The van der Waals surface area contributed by atoms with Crippen LogP contribution in [0.15, 0.2) is 30.5 Å². The Bertz CT molecular complexity index is 1290. The number of nitrogens with one attached hydrogen (secondary N) is 1. The van der Waals surface area contributed by atoms with Gasteiger partial charge in [0.1, 0.15) is 37.2 Å². The van der Waals surface area contributed by atoms with Gasteiger partial charge in [-0.2, -0.15) is 23.1 Å². The smallest absolute Gasteiger partial charge is 0.419 e. The van der Waals surface area contributed by atoms with Crippen molar-refractivity contribution in [3.63, 3.8) is 0 Å². The number of pyridine rings is 1. The van der Waals surface area contributed by atoms with Crippen molar-refractivity contribution in [1.29, 1.82) is 0 Å². The van der Waals surface area contributed by atoms with Crippen molar-refractivity contribution in [2.45, 2.75) is 32.2 Å². The lowest BCUT2D eigenvalue weighted by atomic mass is 10.0. The standard InChI is InChI=1S/C23H22F3N5O4/c1-12-10-31(19(32)11-35-12)18-8-15-17(9-27-18)29-22-30-21(15)28-13(2)14-4-3-5-16(23(24,25)26)20(14)33-6-7-34-22/h3-5,8-9,12-13H,6-7,10-11H2,1-2H3,(H,28,29,30)/t12-,13-/m1/s1. The summed E-state index contributed by atoms with van der Waals surface area (Å²) in [7, 11) is 0. The molecule has 1 aromatic carbocycles. The highest BCUT2D eigenvalue weighted by Gasteiger charge is 2.36. The Hall–Kier alpha value is -3.67. The number of ether oxygens (including phenoxy) is 3. The fourth-order valence-electron chi connectivity index (χ4n) is 4.09. The van der Waals surface area contributed by atoms with Gasteiger partial charge in [0.25, 0.3) is 5.91 Å². The van der Waals surface area contributed by atoms with Gasteiger partial charge in [-0.1, -0.05) is 12.1 Å². The number of benzene rings is 1. The number of amides is 1. The molecule has 4 heterocycles. The van der Waals surface area contributed by atoms with Gasteiger partial charge >= 0.3 is 12.2 Å². The van der Waals surface area contributed by atoms with E-state index in [0.29, 0.717) is 34.6 Å². The minimum absolute atomic E-state index is 0.0309. The first-order valence-corrected chi connectivity index (χ1v) is 11.0. The maximum absolute atomic E-state index is 13.7. The second kappa shape index (κ2) is 8.84. The monoisotopic (exact) mass is 489 g/mol. The Balaban J connectivity index is 1.59. The number of fused-ring (bicyclic) bond motifs is 5. The Kier molecular flexibility index (Phi) is 5.83. The van der Waals surface area contributed by atoms with E-state index in [1.54, 1.807) is 19.1 Å². The van der Waals surface area contributed by atoms with Crippen molar-refractivity contribution >= 4 is 28.4 Å². The van der Waals surface area contributed by atoms with Crippen LogP contribution in [0.5, 0.6) is 11.8 Å². The third-order valence-electron chi connectivity index (χ3n) is 5.79. The lowest BCUT2D eigenvalue weighted by molar-refractivity contribution is -0.139. The van der Waals surface area contributed by atoms with E-state index in [-0.39, 0.29) is 43.6 Å². The van der Waals surface area contributed by atoms with Crippen LogP contribution in [0, 0.1) is 0 Å². The molecular weight excluding hydrogens is 467 g/mol. The maximum atomic E-state index is 13.7. The predicted octanol–water partition coefficient (Wildman–Crippen LogP) is 3.74. The summed E-state index contributed by atoms with van der Waals surface area (Å²) in [4.78, 5) is 27.1. The van der Waals surface area contributed by atoms with E-state index < -0.39 is 17.8 Å². The molecule has 9 nitrogen and oxygen atoms in total. The number of halogens is 3. The fraction of sp³-hybridized carbons (Fsp3) is 0.391. The van der Waals surface area contributed by atoms with Gasteiger partial charge in [-0.15, -0.1) is 0 Å². The van der Waals surface area contributed by atoms with Gasteiger partial charge in [-0.05, 0) is 26.0 Å². The molecule has 12 heteroatoms. The number of hydrogen-bond donors (Lipinski definition) is 1. The van der Waals surface area contributed by atoms with Gasteiger partial charge < -0.3 is 19.5 Å². The summed E-state index contributed by atoms with van der Waals surface area (Å²) in [6.45, 7) is 3.67. The molecular formula is C23H22F3N5O4. The van der Waals surface area contributed by atoms with E-state index in [1.807, 2.05) is 6.92 Å². The number of rotatable bonds is 1. The molecule has 2 atom stereocenters. The number of anilines is 2. The quantitative estimate of drug-likeness (QED) is 0.552. The number of nitrogens with zero attached hydrogens (tertiary/aromatic N) is 4. The first kappa shape index (κ1) is 23.1. The SMILES string of the molecule is C[C@@H]1CN(c2cc3c4nc(nc3cn2)OCCOc2c(cccc2C(F)(F)F)[C@@H](C)N4)C(=O)CO1. The number of carbonyl (C=O) groups excluding carboxylic acids is 1. The first-order chi connectivity index (χ1) is 16.7. The molecule has 2 aliphatic heterocycles. The van der Waals surface area contributed by atoms with Crippen LogP contribution < -0.4 is 19.7 Å². The van der Waals surface area contributed by atoms with E-state index in [2.05, 4.69) is 20.3 Å². The van der Waals surface area contributed by atoms with E-state index in [9.17, 15) is 18.0 Å². The third-order valence-corrected chi connectivity index (χ3v) is 5.79. The van der Waals surface area contributed by atoms with Crippen LogP contribution in [0.4, 0.5) is 24.8 Å². The van der Waals surface area contributed by atoms with E-state index in [0.717, 1.165) is 6.07 Å². The van der Waals surface area contributed by atoms with Gasteiger partial charge in [0.2, 0.25) is 0 Å². The molecule has 1 fully saturated rings. The molecule has 3 aromatic rings. The molecule has 0 saturated carbocycles. The lowest BCUT2D eigenvalue weighted by Crippen LogP contribution is -2.46. The van der Waals surface area contributed by atoms with E-state index in [1.165, 1.54) is 17.2 Å². The first-order valence-electron chi connectivity index (χ1n) is 11.0. The van der Waals surface area contributed by atoms with Gasteiger partial charge in [-0.3, -0.25) is 9.69 Å². The van der Waals surface area contributed by atoms with Crippen LogP contribution in [-0.4, -0.2) is 53.3 Å². The molecule has 184 valence electrons. The zero-order valence-electron chi connectivity index (χ0n) is 18.9. The zero-order chi connectivity index (χ0) is 24.7. The summed E-state index contributed by atoms with van der Waals surface area (Å²) in [5.41, 5.74) is -0.0925. The molecule has 0 aliphatic carbocycles. The summed E-state index contributed by atoms with van der Waals surface area (Å²) in [6.07, 6.45) is -3.23. The van der Waals surface area contributed by atoms with Gasteiger partial charge in [-0.25, -0.2) is 4.98 Å². The fourth-order valence-corrected chi connectivity index (χ4v) is 4.09. The number of aromatic nitrogens is 3. The van der Waals surface area contributed by atoms with Gasteiger partial charge in [0, 0.05) is 10.9 Å². The van der Waals surface area contributed by atoms with Crippen LogP contribution in [-0.2, 0) is 15.7 Å². The largest absolute Gasteiger partial charge is 0.489 e. The molecule has 0 spiro atoms. The molecule has 2 bridgehead atoms. The maximum Gasteiger partial charge on any atom is 0.419 e. The van der Waals surface area contributed by atoms with Crippen LogP contribution in [0.1, 0.15) is 31.0 Å². The number of carbonyl (C=O) groups is 1. The Labute approximate surface area is 198 Å². The molecule has 0 unspecified atom stereocenters. The highest BCUT2D eigenvalue weighted by molar-refractivity contribution is 5.97. The molecule has 2 aromatic heterocycles. The predicted molar refractivity (Wildman–Crippen MR) is 120 cm³/mol. The number of morpholine rings is 1. The van der Waals surface area contributed by atoms with Crippen molar-refractivity contribution in [1.82, 2.24) is 15.0 Å². The van der Waals surface area contributed by atoms with E-state index >= 15 is 0 Å². The highest BCUT2D eigenvalue weighted by Crippen LogP contribution is 2.41. The Morgan fingerprint density at radius 3 is 2.74 bits per heavy atom. The zero-order valence-corrected chi connectivity index (χ0v) is 18.9. The van der Waals surface area contributed by atoms with Crippen LogP contribution >= 0.6 is 0 Å². The van der Waals surface area contributed by atoms with Crippen molar-refractivity contribution in [2.75, 3.05) is 36.6 Å². The molecule has 0 radical (unpaired) electrons. The minimum Gasteiger partial charge on any atom is -0.489 e.